The third kappa shape index (κ3) is 4.13. The summed E-state index contributed by atoms with van der Waals surface area (Å²) in [5.41, 5.74) is -0.218. The molecule has 30 heavy (non-hydrogen) atoms. The highest BCUT2D eigenvalue weighted by molar-refractivity contribution is 5.84. The molecule has 0 saturated carbocycles. The van der Waals surface area contributed by atoms with Gasteiger partial charge in [-0.2, -0.15) is 0 Å². The first-order valence-electron chi connectivity index (χ1n) is 9.75. The van der Waals surface area contributed by atoms with Gasteiger partial charge >= 0.3 is 5.69 Å². The number of fused-ring (bicyclic) bond motifs is 1. The molecule has 1 N–H and O–H groups in total. The van der Waals surface area contributed by atoms with E-state index in [0.717, 1.165) is 4.57 Å². The molecule has 8 nitrogen and oxygen atoms in total. The van der Waals surface area contributed by atoms with Crippen molar-refractivity contribution in [3.63, 3.8) is 0 Å². The Bertz CT molecular complexity index is 1150. The number of aromatic nitrogens is 2. The smallest absolute Gasteiger partial charge is 0.336 e. The van der Waals surface area contributed by atoms with Crippen molar-refractivity contribution in [2.24, 2.45) is 0 Å². The summed E-state index contributed by atoms with van der Waals surface area (Å²) in [7, 11) is 1.54. The first-order chi connectivity index (χ1) is 14.5. The minimum atomic E-state index is -0.825. The Morgan fingerprint density at radius 2 is 1.80 bits per heavy atom. The zero-order chi connectivity index (χ0) is 21.7. The maximum Gasteiger partial charge on any atom is 0.336 e. The Balaban J connectivity index is 2.17. The standard InChI is InChI=1S/C22H25N3O5/c1-4-30-17-11-9-16(10-12-17)25-21(27)18-7-5-6-8-19(18)24(22(25)28)15(2)20(26)23-13-14-29-3/h5-12,15H,4,13-14H2,1-3H3,(H,23,26)/t15-/m1/s1. The van der Waals surface area contributed by atoms with Crippen LogP contribution in [0.4, 0.5) is 0 Å². The van der Waals surface area contributed by atoms with Crippen LogP contribution in [0.5, 0.6) is 5.75 Å². The number of carbonyl (C=O) groups is 1. The number of hydrogen-bond acceptors (Lipinski definition) is 5. The van der Waals surface area contributed by atoms with Crippen molar-refractivity contribution in [1.29, 1.82) is 0 Å². The van der Waals surface area contributed by atoms with E-state index in [-0.39, 0.29) is 5.91 Å². The van der Waals surface area contributed by atoms with Crippen LogP contribution in [-0.4, -0.2) is 41.9 Å². The normalized spacial score (nSPS) is 12.0. The predicted octanol–water partition coefficient (Wildman–Crippen LogP) is 1.87. The number of nitrogens with zero attached hydrogens (tertiary/aromatic N) is 2. The van der Waals surface area contributed by atoms with Crippen LogP contribution in [0.3, 0.4) is 0 Å². The number of methoxy groups -OCH3 is 1. The SMILES string of the molecule is CCOc1ccc(-n2c(=O)c3ccccc3n([C@H](C)C(=O)NCCOC)c2=O)cc1. The second-order valence-corrected chi connectivity index (χ2v) is 6.70. The van der Waals surface area contributed by atoms with Crippen molar-refractivity contribution in [2.75, 3.05) is 26.9 Å². The average Bonchev–Trinajstić information content (AvgIpc) is 2.75. The quantitative estimate of drug-likeness (QED) is 0.572. The lowest BCUT2D eigenvalue weighted by atomic mass is 10.2. The molecule has 2 aromatic carbocycles. The van der Waals surface area contributed by atoms with Crippen molar-refractivity contribution in [2.45, 2.75) is 19.9 Å². The largest absolute Gasteiger partial charge is 0.494 e. The number of ether oxygens (including phenoxy) is 2. The Kier molecular flexibility index (Phi) is 6.68. The van der Waals surface area contributed by atoms with E-state index in [4.69, 9.17) is 9.47 Å². The van der Waals surface area contributed by atoms with E-state index in [1.54, 1.807) is 62.6 Å². The van der Waals surface area contributed by atoms with Gasteiger partial charge in [0, 0.05) is 13.7 Å². The topological polar surface area (TPSA) is 91.6 Å². The third-order valence-corrected chi connectivity index (χ3v) is 4.77. The maximum absolute atomic E-state index is 13.4. The summed E-state index contributed by atoms with van der Waals surface area (Å²) in [6.07, 6.45) is 0. The van der Waals surface area contributed by atoms with Gasteiger partial charge in [0.25, 0.3) is 5.56 Å². The van der Waals surface area contributed by atoms with Crippen LogP contribution in [0.1, 0.15) is 19.9 Å². The van der Waals surface area contributed by atoms with Gasteiger partial charge in [-0.1, -0.05) is 12.1 Å². The van der Waals surface area contributed by atoms with E-state index >= 15 is 0 Å². The van der Waals surface area contributed by atoms with Gasteiger partial charge in [0.05, 0.1) is 29.8 Å². The van der Waals surface area contributed by atoms with Gasteiger partial charge in [-0.15, -0.1) is 0 Å². The van der Waals surface area contributed by atoms with Crippen LogP contribution in [-0.2, 0) is 9.53 Å². The molecule has 0 fully saturated rings. The van der Waals surface area contributed by atoms with Crippen molar-refractivity contribution in [1.82, 2.24) is 14.5 Å². The molecule has 3 rings (SSSR count). The molecule has 3 aromatic rings. The van der Waals surface area contributed by atoms with E-state index in [1.807, 2.05) is 6.92 Å². The number of rotatable bonds is 8. The highest BCUT2D eigenvalue weighted by Gasteiger charge is 2.22. The van der Waals surface area contributed by atoms with Crippen molar-refractivity contribution in [3.8, 4) is 11.4 Å². The minimum absolute atomic E-state index is 0.324. The van der Waals surface area contributed by atoms with Gasteiger partial charge in [-0.05, 0) is 50.2 Å². The van der Waals surface area contributed by atoms with Crippen LogP contribution >= 0.6 is 0 Å². The summed E-state index contributed by atoms with van der Waals surface area (Å²) in [5, 5.41) is 3.09. The fraction of sp³-hybridized carbons (Fsp3) is 0.318. The molecule has 0 bridgehead atoms. The Labute approximate surface area is 173 Å². The molecular weight excluding hydrogens is 386 g/mol. The monoisotopic (exact) mass is 411 g/mol. The van der Waals surface area contributed by atoms with Gasteiger partial charge in [-0.3, -0.25) is 14.2 Å². The predicted molar refractivity (Wildman–Crippen MR) is 115 cm³/mol. The number of nitrogens with one attached hydrogen (secondary N) is 1. The summed E-state index contributed by atoms with van der Waals surface area (Å²) in [5.74, 6) is 0.303. The van der Waals surface area contributed by atoms with E-state index in [9.17, 15) is 14.4 Å². The van der Waals surface area contributed by atoms with Crippen LogP contribution in [0.25, 0.3) is 16.6 Å². The van der Waals surface area contributed by atoms with Crippen molar-refractivity contribution >= 4 is 16.8 Å². The molecule has 1 amide bonds. The van der Waals surface area contributed by atoms with E-state index in [0.29, 0.717) is 42.1 Å². The second-order valence-electron chi connectivity index (χ2n) is 6.70. The van der Waals surface area contributed by atoms with E-state index < -0.39 is 17.3 Å². The van der Waals surface area contributed by atoms with Crippen molar-refractivity contribution in [3.05, 3.63) is 69.4 Å². The Morgan fingerprint density at radius 1 is 1.10 bits per heavy atom. The first kappa shape index (κ1) is 21.3. The highest BCUT2D eigenvalue weighted by atomic mass is 16.5. The molecule has 0 saturated heterocycles. The number of para-hydroxylation sites is 1. The summed E-state index contributed by atoms with van der Waals surface area (Å²) in [6, 6.07) is 12.6. The molecule has 0 spiro atoms. The first-order valence-corrected chi connectivity index (χ1v) is 9.75. The molecule has 8 heteroatoms. The number of hydrogen-bond donors (Lipinski definition) is 1. The Hall–Kier alpha value is -3.39. The van der Waals surface area contributed by atoms with Crippen LogP contribution in [0.15, 0.2) is 58.1 Å². The third-order valence-electron chi connectivity index (χ3n) is 4.77. The van der Waals surface area contributed by atoms with Gasteiger partial charge in [0.1, 0.15) is 11.8 Å². The molecule has 1 aromatic heterocycles. The second kappa shape index (κ2) is 9.41. The Morgan fingerprint density at radius 3 is 2.47 bits per heavy atom. The summed E-state index contributed by atoms with van der Waals surface area (Å²) < 4.78 is 12.8. The molecule has 158 valence electrons. The fourth-order valence-corrected chi connectivity index (χ4v) is 3.28. The lowest BCUT2D eigenvalue weighted by Gasteiger charge is -2.19. The van der Waals surface area contributed by atoms with Crippen molar-refractivity contribution < 1.29 is 14.3 Å². The van der Waals surface area contributed by atoms with Crippen LogP contribution in [0.2, 0.25) is 0 Å². The van der Waals surface area contributed by atoms with E-state index in [2.05, 4.69) is 5.32 Å². The molecule has 0 aliphatic heterocycles. The summed E-state index contributed by atoms with van der Waals surface area (Å²) in [6.45, 7) is 4.70. The number of amides is 1. The number of benzene rings is 2. The zero-order valence-electron chi connectivity index (χ0n) is 17.3. The number of carbonyl (C=O) groups excluding carboxylic acids is 1. The molecule has 1 atom stereocenters. The van der Waals surface area contributed by atoms with Crippen LogP contribution < -0.4 is 21.3 Å². The zero-order valence-corrected chi connectivity index (χ0v) is 17.3. The summed E-state index contributed by atoms with van der Waals surface area (Å²) >= 11 is 0. The van der Waals surface area contributed by atoms with Gasteiger partial charge in [0.2, 0.25) is 5.91 Å². The lowest BCUT2D eigenvalue weighted by molar-refractivity contribution is -0.124. The molecule has 0 unspecified atom stereocenters. The van der Waals surface area contributed by atoms with Gasteiger partial charge in [-0.25, -0.2) is 9.36 Å². The molecule has 1 heterocycles. The molecular formula is C22H25N3O5. The molecule has 0 aliphatic carbocycles. The van der Waals surface area contributed by atoms with Gasteiger partial charge in [0.15, 0.2) is 0 Å². The van der Waals surface area contributed by atoms with Gasteiger partial charge < -0.3 is 14.8 Å². The van der Waals surface area contributed by atoms with E-state index in [1.165, 1.54) is 4.57 Å². The summed E-state index contributed by atoms with van der Waals surface area (Å²) in [4.78, 5) is 39.1. The highest BCUT2D eigenvalue weighted by Crippen LogP contribution is 2.17. The maximum atomic E-state index is 13.4. The average molecular weight is 411 g/mol. The van der Waals surface area contributed by atoms with Crippen LogP contribution in [0, 0.1) is 0 Å². The molecule has 0 radical (unpaired) electrons. The minimum Gasteiger partial charge on any atom is -0.494 e. The lowest BCUT2D eigenvalue weighted by Crippen LogP contribution is -2.44. The molecule has 0 aliphatic rings. The fourth-order valence-electron chi connectivity index (χ4n) is 3.28.